The van der Waals surface area contributed by atoms with Gasteiger partial charge in [-0.2, -0.15) is 0 Å². The Morgan fingerprint density at radius 2 is 1.74 bits per heavy atom. The molecule has 0 amide bonds. The summed E-state index contributed by atoms with van der Waals surface area (Å²) in [7, 11) is 0. The second kappa shape index (κ2) is 4.30. The van der Waals surface area contributed by atoms with E-state index >= 15 is 0 Å². The summed E-state index contributed by atoms with van der Waals surface area (Å²) in [5, 5.41) is 3.58. The lowest BCUT2D eigenvalue weighted by atomic mass is 10.0. The highest BCUT2D eigenvalue weighted by atomic mass is 16.5. The van der Waals surface area contributed by atoms with Gasteiger partial charge in [0.1, 0.15) is 5.75 Å². The Labute approximate surface area is 113 Å². The molecule has 1 aliphatic heterocycles. The smallest absolute Gasteiger partial charge is 0.119 e. The van der Waals surface area contributed by atoms with Gasteiger partial charge in [-0.25, -0.2) is 0 Å². The topological polar surface area (TPSA) is 21.3 Å². The summed E-state index contributed by atoms with van der Waals surface area (Å²) < 4.78 is 5.78. The van der Waals surface area contributed by atoms with Crippen LogP contribution in [-0.2, 0) is 6.42 Å². The number of fused-ring (bicyclic) bond motifs is 1. The zero-order valence-corrected chi connectivity index (χ0v) is 10.8. The lowest BCUT2D eigenvalue weighted by Crippen LogP contribution is -2.05. The molecule has 2 aromatic carbocycles. The van der Waals surface area contributed by atoms with Gasteiger partial charge in [0.2, 0.25) is 0 Å². The number of ether oxygens (including phenoxy) is 1. The molecule has 2 aliphatic rings. The summed E-state index contributed by atoms with van der Waals surface area (Å²) in [5.74, 6) is 1.00. The maximum absolute atomic E-state index is 5.78. The first kappa shape index (κ1) is 10.9. The van der Waals surface area contributed by atoms with Crippen molar-refractivity contribution in [3.05, 3.63) is 59.7 Å². The third-order valence-corrected chi connectivity index (χ3v) is 3.88. The van der Waals surface area contributed by atoms with E-state index in [1.54, 1.807) is 0 Å². The minimum absolute atomic E-state index is 0.396. The van der Waals surface area contributed by atoms with E-state index in [9.17, 15) is 0 Å². The molecule has 2 nitrogen and oxygen atoms in total. The Bertz CT molecular complexity index is 561. The highest BCUT2D eigenvalue weighted by Gasteiger charge is 2.24. The van der Waals surface area contributed by atoms with Gasteiger partial charge in [-0.15, -0.1) is 0 Å². The maximum atomic E-state index is 5.78. The molecule has 0 spiro atoms. The van der Waals surface area contributed by atoms with E-state index in [1.807, 2.05) is 0 Å². The van der Waals surface area contributed by atoms with Crippen LogP contribution in [0.5, 0.6) is 5.75 Å². The molecule has 2 heteroatoms. The van der Waals surface area contributed by atoms with Crippen LogP contribution in [-0.4, -0.2) is 6.10 Å². The number of nitrogens with one attached hydrogen (secondary N) is 1. The van der Waals surface area contributed by atoms with Crippen molar-refractivity contribution in [1.82, 2.24) is 0 Å². The number of hydrogen-bond donors (Lipinski definition) is 1. The number of para-hydroxylation sites is 1. The van der Waals surface area contributed by atoms with Crippen LogP contribution >= 0.6 is 0 Å². The number of rotatable bonds is 3. The maximum Gasteiger partial charge on any atom is 0.119 e. The van der Waals surface area contributed by atoms with E-state index in [2.05, 4.69) is 53.8 Å². The first-order chi connectivity index (χ1) is 9.38. The van der Waals surface area contributed by atoms with Gasteiger partial charge < -0.3 is 10.1 Å². The van der Waals surface area contributed by atoms with E-state index < -0.39 is 0 Å². The van der Waals surface area contributed by atoms with Gasteiger partial charge in [-0.05, 0) is 48.6 Å². The van der Waals surface area contributed by atoms with Crippen molar-refractivity contribution in [2.45, 2.75) is 31.4 Å². The Morgan fingerprint density at radius 1 is 0.947 bits per heavy atom. The fourth-order valence-corrected chi connectivity index (χ4v) is 2.66. The largest absolute Gasteiger partial charge is 0.490 e. The quantitative estimate of drug-likeness (QED) is 0.892. The average Bonchev–Trinajstić information content (AvgIpc) is 3.15. The zero-order valence-electron chi connectivity index (χ0n) is 10.8. The van der Waals surface area contributed by atoms with Crippen LogP contribution in [0, 0.1) is 0 Å². The van der Waals surface area contributed by atoms with Crippen LogP contribution in [0.25, 0.3) is 0 Å². The third kappa shape index (κ3) is 2.19. The zero-order chi connectivity index (χ0) is 12.7. The molecule has 1 atom stereocenters. The fraction of sp³-hybridized carbons (Fsp3) is 0.294. The first-order valence-electron chi connectivity index (χ1n) is 6.99. The molecule has 1 heterocycles. The lowest BCUT2D eigenvalue weighted by molar-refractivity contribution is 0.303. The van der Waals surface area contributed by atoms with Crippen LogP contribution in [0.2, 0.25) is 0 Å². The van der Waals surface area contributed by atoms with Gasteiger partial charge in [0.15, 0.2) is 0 Å². The summed E-state index contributed by atoms with van der Waals surface area (Å²) in [4.78, 5) is 0. The monoisotopic (exact) mass is 251 g/mol. The molecule has 96 valence electrons. The summed E-state index contributed by atoms with van der Waals surface area (Å²) in [5.41, 5.74) is 4.01. The molecule has 1 fully saturated rings. The molecule has 1 N–H and O–H groups in total. The molecule has 2 aromatic rings. The summed E-state index contributed by atoms with van der Waals surface area (Å²) in [6, 6.07) is 17.5. The van der Waals surface area contributed by atoms with Gasteiger partial charge in [0.25, 0.3) is 0 Å². The molecule has 0 aromatic heterocycles. The molecule has 1 aliphatic carbocycles. The Hall–Kier alpha value is -1.96. The molecule has 0 saturated heterocycles. The molecule has 19 heavy (non-hydrogen) atoms. The van der Waals surface area contributed by atoms with Gasteiger partial charge in [-0.3, -0.25) is 0 Å². The van der Waals surface area contributed by atoms with Crippen LogP contribution in [0.3, 0.4) is 0 Å². The van der Waals surface area contributed by atoms with Crippen LogP contribution in [0.1, 0.15) is 30.0 Å². The highest BCUT2D eigenvalue weighted by Crippen LogP contribution is 2.34. The normalized spacial score (nSPS) is 20.7. The standard InChI is InChI=1S/C17H17NO/c1-2-4-16-13(3-1)11-17(18-16)12-5-7-14(8-6-12)19-15-9-10-15/h1-8,15,17-18H,9-11H2. The molecule has 0 radical (unpaired) electrons. The van der Waals surface area contributed by atoms with Crippen LogP contribution < -0.4 is 10.1 Å². The van der Waals surface area contributed by atoms with Gasteiger partial charge in [0.05, 0.1) is 12.1 Å². The lowest BCUT2D eigenvalue weighted by Gasteiger charge is -2.12. The molecular formula is C17H17NO. The van der Waals surface area contributed by atoms with Gasteiger partial charge >= 0.3 is 0 Å². The van der Waals surface area contributed by atoms with Crippen molar-refractivity contribution in [2.75, 3.05) is 5.32 Å². The number of benzene rings is 2. The van der Waals surface area contributed by atoms with E-state index in [0.717, 1.165) is 12.2 Å². The van der Waals surface area contributed by atoms with Crippen molar-refractivity contribution in [1.29, 1.82) is 0 Å². The molecular weight excluding hydrogens is 234 g/mol. The second-order valence-electron chi connectivity index (χ2n) is 5.44. The highest BCUT2D eigenvalue weighted by molar-refractivity contribution is 5.58. The van der Waals surface area contributed by atoms with Crippen molar-refractivity contribution in [3.63, 3.8) is 0 Å². The van der Waals surface area contributed by atoms with Crippen molar-refractivity contribution < 1.29 is 4.74 Å². The average molecular weight is 251 g/mol. The second-order valence-corrected chi connectivity index (χ2v) is 5.44. The third-order valence-electron chi connectivity index (χ3n) is 3.88. The number of anilines is 1. The van der Waals surface area contributed by atoms with Gasteiger partial charge in [-0.1, -0.05) is 30.3 Å². The molecule has 1 unspecified atom stereocenters. The van der Waals surface area contributed by atoms with Crippen LogP contribution in [0.15, 0.2) is 48.5 Å². The minimum Gasteiger partial charge on any atom is -0.490 e. The first-order valence-corrected chi connectivity index (χ1v) is 6.99. The predicted octanol–water partition coefficient (Wildman–Crippen LogP) is 3.94. The molecule has 1 saturated carbocycles. The number of hydrogen-bond acceptors (Lipinski definition) is 2. The summed E-state index contributed by atoms with van der Waals surface area (Å²) in [6.07, 6.45) is 3.96. The summed E-state index contributed by atoms with van der Waals surface area (Å²) >= 11 is 0. The molecule has 0 bridgehead atoms. The van der Waals surface area contributed by atoms with Crippen molar-refractivity contribution in [3.8, 4) is 5.75 Å². The fourth-order valence-electron chi connectivity index (χ4n) is 2.66. The predicted molar refractivity (Wildman–Crippen MR) is 76.6 cm³/mol. The van der Waals surface area contributed by atoms with E-state index in [1.165, 1.54) is 29.7 Å². The summed E-state index contributed by atoms with van der Waals surface area (Å²) in [6.45, 7) is 0. The SMILES string of the molecule is c1ccc2c(c1)CC(c1ccc(OC3CC3)cc1)N2. The van der Waals surface area contributed by atoms with Crippen LogP contribution in [0.4, 0.5) is 5.69 Å². The van der Waals surface area contributed by atoms with Gasteiger partial charge in [0, 0.05) is 5.69 Å². The van der Waals surface area contributed by atoms with E-state index in [0.29, 0.717) is 12.1 Å². The minimum atomic E-state index is 0.396. The Balaban J connectivity index is 1.51. The van der Waals surface area contributed by atoms with Crippen molar-refractivity contribution in [2.24, 2.45) is 0 Å². The Morgan fingerprint density at radius 3 is 2.47 bits per heavy atom. The van der Waals surface area contributed by atoms with Crippen molar-refractivity contribution >= 4 is 5.69 Å². The Kier molecular flexibility index (Phi) is 2.47. The molecule has 4 rings (SSSR count). The van der Waals surface area contributed by atoms with E-state index in [4.69, 9.17) is 4.74 Å². The van der Waals surface area contributed by atoms with E-state index in [-0.39, 0.29) is 0 Å².